The first kappa shape index (κ1) is 25.7. The van der Waals surface area contributed by atoms with E-state index in [0.717, 1.165) is 5.56 Å². The van der Waals surface area contributed by atoms with Crippen molar-refractivity contribution in [3.63, 3.8) is 0 Å². The lowest BCUT2D eigenvalue weighted by Crippen LogP contribution is -2.34. The first-order valence-corrected chi connectivity index (χ1v) is 10.0. The lowest BCUT2D eigenvalue weighted by Gasteiger charge is -2.19. The Labute approximate surface area is 178 Å². The molecule has 3 N–H and O–H groups in total. The molecule has 0 aromatic heterocycles. The van der Waals surface area contributed by atoms with Gasteiger partial charge in [0.05, 0.1) is 33.0 Å². The summed E-state index contributed by atoms with van der Waals surface area (Å²) in [4.78, 5) is 23.1. The second-order valence-corrected chi connectivity index (χ2v) is 7.47. The highest BCUT2D eigenvalue weighted by molar-refractivity contribution is 5.77. The number of rotatable bonds is 14. The molecule has 170 valence electrons. The molecule has 0 radical (unpaired) electrons. The molecule has 0 saturated heterocycles. The van der Waals surface area contributed by atoms with E-state index in [0.29, 0.717) is 52.5 Å². The molecule has 1 aromatic rings. The molecule has 0 unspecified atom stereocenters. The first-order valence-electron chi connectivity index (χ1n) is 10.0. The van der Waals surface area contributed by atoms with Crippen LogP contribution in [0.4, 0.5) is 4.79 Å². The molecule has 9 heteroatoms. The minimum atomic E-state index is -0.519. The van der Waals surface area contributed by atoms with Gasteiger partial charge in [-0.1, -0.05) is 12.1 Å². The van der Waals surface area contributed by atoms with Crippen molar-refractivity contribution in [2.45, 2.75) is 32.8 Å². The average Bonchev–Trinajstić information content (AvgIpc) is 2.66. The molecular weight excluding hydrogens is 392 g/mol. The number of alkyl carbamates (subject to hydrolysis) is 1. The zero-order chi connectivity index (χ0) is 22.2. The number of nitrogens with one attached hydrogen (secondary N) is 2. The van der Waals surface area contributed by atoms with Gasteiger partial charge in [-0.15, -0.1) is 0 Å². The van der Waals surface area contributed by atoms with Gasteiger partial charge in [0, 0.05) is 13.1 Å². The molecule has 0 saturated carbocycles. The van der Waals surface area contributed by atoms with Crippen LogP contribution < -0.4 is 10.6 Å². The number of amides is 2. The summed E-state index contributed by atoms with van der Waals surface area (Å²) in [5.41, 5.74) is 0.514. The van der Waals surface area contributed by atoms with Crippen LogP contribution in [0, 0.1) is 0 Å². The smallest absolute Gasteiger partial charge is 0.407 e. The number of ether oxygens (including phenoxy) is 4. The van der Waals surface area contributed by atoms with E-state index in [4.69, 9.17) is 18.9 Å². The van der Waals surface area contributed by atoms with E-state index >= 15 is 0 Å². The van der Waals surface area contributed by atoms with E-state index in [1.54, 1.807) is 32.9 Å². The summed E-state index contributed by atoms with van der Waals surface area (Å²) in [7, 11) is 0. The van der Waals surface area contributed by atoms with Crippen molar-refractivity contribution in [1.82, 2.24) is 10.6 Å². The molecule has 0 aliphatic carbocycles. The van der Waals surface area contributed by atoms with Crippen molar-refractivity contribution in [3.8, 4) is 5.75 Å². The number of phenols is 1. The van der Waals surface area contributed by atoms with Crippen molar-refractivity contribution in [2.75, 3.05) is 52.7 Å². The van der Waals surface area contributed by atoms with Gasteiger partial charge in [0.15, 0.2) is 0 Å². The number of benzene rings is 1. The Morgan fingerprint density at radius 2 is 1.47 bits per heavy atom. The molecule has 1 aromatic carbocycles. The molecule has 0 fully saturated rings. The Bertz CT molecular complexity index is 615. The lowest BCUT2D eigenvalue weighted by molar-refractivity contribution is -0.126. The van der Waals surface area contributed by atoms with Crippen LogP contribution in [-0.4, -0.2) is 75.4 Å². The monoisotopic (exact) mass is 426 g/mol. The van der Waals surface area contributed by atoms with Gasteiger partial charge in [-0.25, -0.2) is 4.79 Å². The van der Waals surface area contributed by atoms with Crippen LogP contribution in [0.25, 0.3) is 0 Å². The van der Waals surface area contributed by atoms with Gasteiger partial charge >= 0.3 is 6.09 Å². The summed E-state index contributed by atoms with van der Waals surface area (Å²) in [6.07, 6.45) is 0.214. The summed E-state index contributed by atoms with van der Waals surface area (Å²) in [6, 6.07) is 6.87. The van der Waals surface area contributed by atoms with E-state index in [2.05, 4.69) is 10.6 Å². The van der Waals surface area contributed by atoms with E-state index in [1.807, 2.05) is 12.1 Å². The van der Waals surface area contributed by atoms with Crippen LogP contribution in [0.2, 0.25) is 0 Å². The van der Waals surface area contributed by atoms with Crippen molar-refractivity contribution in [2.24, 2.45) is 0 Å². The van der Waals surface area contributed by atoms with E-state index in [1.165, 1.54) is 0 Å². The minimum Gasteiger partial charge on any atom is -0.508 e. The Balaban J connectivity index is 1.86. The van der Waals surface area contributed by atoms with Crippen LogP contribution in [-0.2, 0) is 30.2 Å². The maximum absolute atomic E-state index is 11.7. The van der Waals surface area contributed by atoms with E-state index in [9.17, 15) is 14.7 Å². The van der Waals surface area contributed by atoms with E-state index in [-0.39, 0.29) is 18.3 Å². The second-order valence-electron chi connectivity index (χ2n) is 7.47. The van der Waals surface area contributed by atoms with Crippen LogP contribution in [0.3, 0.4) is 0 Å². The number of carbonyl (C=O) groups is 2. The van der Waals surface area contributed by atoms with Gasteiger partial charge in [0.25, 0.3) is 0 Å². The third kappa shape index (κ3) is 14.6. The highest BCUT2D eigenvalue weighted by Crippen LogP contribution is 2.09. The summed E-state index contributed by atoms with van der Waals surface area (Å²) in [5, 5.41) is 14.6. The lowest BCUT2D eigenvalue weighted by atomic mass is 10.1. The normalized spacial score (nSPS) is 11.2. The Morgan fingerprint density at radius 1 is 0.867 bits per heavy atom. The number of carbonyl (C=O) groups excluding carboxylic acids is 2. The fourth-order valence-electron chi connectivity index (χ4n) is 2.20. The third-order valence-corrected chi connectivity index (χ3v) is 3.56. The maximum Gasteiger partial charge on any atom is 0.407 e. The summed E-state index contributed by atoms with van der Waals surface area (Å²) >= 11 is 0. The molecule has 1 rings (SSSR count). The Hall–Kier alpha value is -2.36. The SMILES string of the molecule is CC(C)(C)OC(=O)NCCOCCOCCOCC(=O)NCCc1ccc(O)cc1. The van der Waals surface area contributed by atoms with Gasteiger partial charge in [-0.2, -0.15) is 0 Å². The number of hydrogen-bond donors (Lipinski definition) is 3. The van der Waals surface area contributed by atoms with Crippen LogP contribution in [0.5, 0.6) is 5.75 Å². The van der Waals surface area contributed by atoms with Crippen LogP contribution in [0.15, 0.2) is 24.3 Å². The zero-order valence-corrected chi connectivity index (χ0v) is 18.1. The van der Waals surface area contributed by atoms with Gasteiger partial charge in [0.2, 0.25) is 5.91 Å². The molecule has 2 amide bonds. The summed E-state index contributed by atoms with van der Waals surface area (Å²) in [5.74, 6) is 0.0368. The number of aromatic hydroxyl groups is 1. The standard InChI is InChI=1S/C21H34N2O7/c1-21(2,3)30-20(26)23-10-11-27-12-13-28-14-15-29-16-19(25)22-9-8-17-4-6-18(24)7-5-17/h4-7,24H,8-16H2,1-3H3,(H,22,25)(H,23,26). The quantitative estimate of drug-likeness (QED) is 0.387. The molecule has 0 spiro atoms. The van der Waals surface area contributed by atoms with Gasteiger partial charge in [0.1, 0.15) is 18.0 Å². The molecular formula is C21H34N2O7. The van der Waals surface area contributed by atoms with Crippen LogP contribution >= 0.6 is 0 Å². The first-order chi connectivity index (χ1) is 14.3. The second kappa shape index (κ2) is 14.6. The summed E-state index contributed by atoms with van der Waals surface area (Å²) in [6.45, 7) is 8.08. The van der Waals surface area contributed by atoms with Crippen molar-refractivity contribution >= 4 is 12.0 Å². The topological polar surface area (TPSA) is 115 Å². The third-order valence-electron chi connectivity index (χ3n) is 3.56. The van der Waals surface area contributed by atoms with Gasteiger partial charge in [-0.3, -0.25) is 4.79 Å². The average molecular weight is 427 g/mol. The largest absolute Gasteiger partial charge is 0.508 e. The summed E-state index contributed by atoms with van der Waals surface area (Å²) < 4.78 is 21.0. The highest BCUT2D eigenvalue weighted by Gasteiger charge is 2.15. The van der Waals surface area contributed by atoms with Crippen LogP contribution in [0.1, 0.15) is 26.3 Å². The molecule has 9 nitrogen and oxygen atoms in total. The van der Waals surface area contributed by atoms with Crippen molar-refractivity contribution < 1.29 is 33.6 Å². The maximum atomic E-state index is 11.7. The van der Waals surface area contributed by atoms with Gasteiger partial charge in [-0.05, 0) is 44.9 Å². The van der Waals surface area contributed by atoms with Gasteiger partial charge < -0.3 is 34.7 Å². The molecule has 0 bridgehead atoms. The van der Waals surface area contributed by atoms with Crippen molar-refractivity contribution in [1.29, 1.82) is 0 Å². The predicted molar refractivity (Wildman–Crippen MR) is 112 cm³/mol. The fourth-order valence-corrected chi connectivity index (χ4v) is 2.20. The fraction of sp³-hybridized carbons (Fsp3) is 0.619. The molecule has 0 heterocycles. The predicted octanol–water partition coefficient (Wildman–Crippen LogP) is 1.63. The highest BCUT2D eigenvalue weighted by atomic mass is 16.6. The zero-order valence-electron chi connectivity index (χ0n) is 18.1. The van der Waals surface area contributed by atoms with Crippen molar-refractivity contribution in [3.05, 3.63) is 29.8 Å². The molecule has 0 aliphatic heterocycles. The Morgan fingerprint density at radius 3 is 2.10 bits per heavy atom. The Kier molecular flexibility index (Phi) is 12.5. The molecule has 30 heavy (non-hydrogen) atoms. The minimum absolute atomic E-state index is 0.0221. The number of hydrogen-bond acceptors (Lipinski definition) is 7. The molecule has 0 atom stereocenters. The molecule has 0 aliphatic rings. The van der Waals surface area contributed by atoms with E-state index < -0.39 is 11.7 Å². The number of phenolic OH excluding ortho intramolecular Hbond substituents is 1.